The third kappa shape index (κ3) is 4.10. The Bertz CT molecular complexity index is 1410. The predicted octanol–water partition coefficient (Wildman–Crippen LogP) is 7.55. The van der Waals surface area contributed by atoms with Gasteiger partial charge in [0.25, 0.3) is 0 Å². The van der Waals surface area contributed by atoms with E-state index in [1.54, 1.807) is 11.1 Å². The number of benzene rings is 2. The van der Waals surface area contributed by atoms with E-state index in [4.69, 9.17) is 0 Å². The summed E-state index contributed by atoms with van der Waals surface area (Å²) in [7, 11) is 0. The fraction of sp³-hybridized carbons (Fsp3) is 0.263. The zero-order valence-corrected chi connectivity index (χ0v) is 22.9. The zero-order valence-electron chi connectivity index (χ0n) is 22.9. The van der Waals surface area contributed by atoms with Gasteiger partial charge in [-0.2, -0.15) is 0 Å². The molecule has 8 rings (SSSR count). The van der Waals surface area contributed by atoms with Gasteiger partial charge >= 0.3 is 0 Å². The second-order valence-electron chi connectivity index (χ2n) is 12.2. The molecular weight excluding hydrogens is 484 g/mol. The number of hydrogen-bond donors (Lipinski definition) is 0. The van der Waals surface area contributed by atoms with Crippen molar-refractivity contribution in [1.29, 1.82) is 0 Å². The fourth-order valence-corrected chi connectivity index (χ4v) is 8.30. The largest absolute Gasteiger partial charge is 0.290 e. The molecule has 0 amide bonds. The van der Waals surface area contributed by atoms with E-state index >= 15 is 0 Å². The lowest BCUT2D eigenvalue weighted by Crippen LogP contribution is -2.51. The molecule has 0 aromatic heterocycles. The van der Waals surface area contributed by atoms with E-state index in [0.717, 1.165) is 26.2 Å². The van der Waals surface area contributed by atoms with Crippen molar-refractivity contribution in [2.24, 2.45) is 23.7 Å². The van der Waals surface area contributed by atoms with Crippen molar-refractivity contribution in [2.45, 2.75) is 12.1 Å². The fourth-order valence-electron chi connectivity index (χ4n) is 8.30. The van der Waals surface area contributed by atoms with Crippen molar-refractivity contribution in [3.8, 4) is 0 Å². The van der Waals surface area contributed by atoms with Gasteiger partial charge in [-0.25, -0.2) is 0 Å². The van der Waals surface area contributed by atoms with Crippen LogP contribution in [-0.2, 0) is 0 Å². The van der Waals surface area contributed by atoms with Gasteiger partial charge in [0.05, 0.1) is 12.1 Å². The highest BCUT2D eigenvalue weighted by molar-refractivity contribution is 5.47. The molecule has 0 N–H and O–H groups in total. The summed E-state index contributed by atoms with van der Waals surface area (Å²) < 4.78 is 0. The Balaban J connectivity index is 1.24. The van der Waals surface area contributed by atoms with Crippen molar-refractivity contribution >= 4 is 0 Å². The minimum Gasteiger partial charge on any atom is -0.290 e. The molecule has 6 aliphatic rings. The summed E-state index contributed by atoms with van der Waals surface area (Å²) in [6, 6.07) is 23.2. The van der Waals surface area contributed by atoms with Gasteiger partial charge in [0, 0.05) is 49.9 Å². The van der Waals surface area contributed by atoms with Crippen molar-refractivity contribution < 1.29 is 0 Å². The number of piperidine rings is 2. The molecule has 0 radical (unpaired) electrons. The van der Waals surface area contributed by atoms with E-state index < -0.39 is 0 Å². The minimum atomic E-state index is 0.248. The molecule has 2 aliphatic heterocycles. The highest BCUT2D eigenvalue weighted by Crippen LogP contribution is 2.49. The topological polar surface area (TPSA) is 6.48 Å². The molecule has 2 saturated heterocycles. The summed E-state index contributed by atoms with van der Waals surface area (Å²) in [6.45, 7) is 4.17. The zero-order chi connectivity index (χ0) is 26.5. The van der Waals surface area contributed by atoms with Gasteiger partial charge in [0.15, 0.2) is 0 Å². The monoisotopic (exact) mass is 520 g/mol. The Hall–Kier alpha value is -3.72. The average molecular weight is 521 g/mol. The lowest BCUT2D eigenvalue weighted by Gasteiger charge is -2.51. The van der Waals surface area contributed by atoms with E-state index in [9.17, 15) is 0 Å². The smallest absolute Gasteiger partial charge is 0.0548 e. The van der Waals surface area contributed by atoms with Gasteiger partial charge in [-0.05, 0) is 33.4 Å². The van der Waals surface area contributed by atoms with Gasteiger partial charge < -0.3 is 0 Å². The van der Waals surface area contributed by atoms with E-state index in [2.05, 4.69) is 143 Å². The van der Waals surface area contributed by atoms with Crippen LogP contribution in [0.4, 0.5) is 0 Å². The molecule has 198 valence electrons. The molecule has 2 fully saturated rings. The molecule has 2 aromatic rings. The second kappa shape index (κ2) is 10.0. The summed E-state index contributed by atoms with van der Waals surface area (Å²) in [4.78, 5) is 5.60. The Labute approximate surface area is 238 Å². The number of allylic oxidation sites excluding steroid dienone is 12. The van der Waals surface area contributed by atoms with Crippen LogP contribution in [0.5, 0.6) is 0 Å². The molecule has 0 saturated carbocycles. The standard InChI is InChI=1S/C38H36N2/c1-3-11-29(12-4-1)37(39-23-31-19-7-15-27-16-8-20-32(24-39)35(27)31)38(30-13-5-2-6-14-30)40-25-33-21-9-17-28-18-10-22-34(26-40)36(28)33/h1-22,31,33,35-38H,23-26H2. The lowest BCUT2D eigenvalue weighted by atomic mass is 9.70. The first kappa shape index (κ1) is 24.1. The average Bonchev–Trinajstić information content (AvgIpc) is 3.01. The Morgan fingerprint density at radius 3 is 1.43 bits per heavy atom. The minimum absolute atomic E-state index is 0.248. The van der Waals surface area contributed by atoms with Crippen molar-refractivity contribution in [1.82, 2.24) is 9.80 Å². The van der Waals surface area contributed by atoms with Crippen LogP contribution in [0, 0.1) is 23.7 Å². The summed E-state index contributed by atoms with van der Waals surface area (Å²) >= 11 is 0. The van der Waals surface area contributed by atoms with E-state index in [-0.39, 0.29) is 12.1 Å². The van der Waals surface area contributed by atoms with Gasteiger partial charge in [-0.1, -0.05) is 134 Å². The SMILES string of the molecule is C1=CC2=CC=CC3CN(C(c4ccccc4)C(c4ccccc4)N4CC5=CC=CC6=CC=CC(C4)C65)CC(=C1)C23. The molecule has 6 atom stereocenters. The van der Waals surface area contributed by atoms with Crippen molar-refractivity contribution in [2.75, 3.05) is 26.2 Å². The van der Waals surface area contributed by atoms with Crippen LogP contribution in [-0.4, -0.2) is 36.0 Å². The van der Waals surface area contributed by atoms with Crippen LogP contribution in [0.1, 0.15) is 23.2 Å². The third-order valence-electron chi connectivity index (χ3n) is 9.90. The van der Waals surface area contributed by atoms with Crippen molar-refractivity contribution in [3.05, 3.63) is 167 Å². The maximum absolute atomic E-state index is 2.80. The van der Waals surface area contributed by atoms with Gasteiger partial charge in [0.2, 0.25) is 0 Å². The quantitative estimate of drug-likeness (QED) is 0.402. The number of likely N-dealkylation sites (tertiary alicyclic amines) is 2. The normalized spacial score (nSPS) is 29.9. The Morgan fingerprint density at radius 2 is 0.975 bits per heavy atom. The molecule has 2 heteroatoms. The molecule has 2 nitrogen and oxygen atoms in total. The van der Waals surface area contributed by atoms with Crippen molar-refractivity contribution in [3.63, 3.8) is 0 Å². The number of hydrogen-bond acceptors (Lipinski definition) is 2. The van der Waals surface area contributed by atoms with Gasteiger partial charge in [-0.3, -0.25) is 9.80 Å². The first-order chi connectivity index (χ1) is 19.8. The van der Waals surface area contributed by atoms with Gasteiger partial charge in [-0.15, -0.1) is 0 Å². The third-order valence-corrected chi connectivity index (χ3v) is 9.90. The highest BCUT2D eigenvalue weighted by Gasteiger charge is 2.44. The first-order valence-corrected chi connectivity index (χ1v) is 14.9. The molecule has 0 spiro atoms. The predicted molar refractivity (Wildman–Crippen MR) is 164 cm³/mol. The van der Waals surface area contributed by atoms with E-state index in [0.29, 0.717) is 23.7 Å². The Kier molecular flexibility index (Phi) is 6.05. The molecule has 6 unspecified atom stereocenters. The first-order valence-electron chi connectivity index (χ1n) is 14.9. The summed E-state index contributed by atoms with van der Waals surface area (Å²) in [6.07, 6.45) is 28.1. The molecule has 2 aromatic carbocycles. The van der Waals surface area contributed by atoms with E-state index in [1.807, 2.05) is 0 Å². The molecular formula is C38H36N2. The summed E-state index contributed by atoms with van der Waals surface area (Å²) in [5, 5.41) is 0. The number of rotatable bonds is 5. The lowest BCUT2D eigenvalue weighted by molar-refractivity contribution is 0.0452. The maximum Gasteiger partial charge on any atom is 0.0548 e. The van der Waals surface area contributed by atoms with Crippen LogP contribution in [0.2, 0.25) is 0 Å². The molecule has 40 heavy (non-hydrogen) atoms. The van der Waals surface area contributed by atoms with Crippen LogP contribution in [0.15, 0.2) is 156 Å². The van der Waals surface area contributed by atoms with Gasteiger partial charge in [0.1, 0.15) is 0 Å². The van der Waals surface area contributed by atoms with Crippen LogP contribution in [0.25, 0.3) is 0 Å². The summed E-state index contributed by atoms with van der Waals surface area (Å²) in [5.74, 6) is 2.09. The molecule has 2 heterocycles. The Morgan fingerprint density at radius 1 is 0.525 bits per heavy atom. The number of nitrogens with zero attached hydrogens (tertiary/aromatic N) is 2. The highest BCUT2D eigenvalue weighted by atomic mass is 15.3. The molecule has 0 bridgehead atoms. The van der Waals surface area contributed by atoms with Crippen LogP contribution < -0.4 is 0 Å². The molecule has 4 aliphatic carbocycles. The second-order valence-corrected chi connectivity index (χ2v) is 12.2. The van der Waals surface area contributed by atoms with E-state index in [1.165, 1.54) is 22.3 Å². The maximum atomic E-state index is 2.80. The van der Waals surface area contributed by atoms with Crippen LogP contribution >= 0.6 is 0 Å². The van der Waals surface area contributed by atoms with Crippen LogP contribution in [0.3, 0.4) is 0 Å². The summed E-state index contributed by atoms with van der Waals surface area (Å²) in [5.41, 5.74) is 8.91.